The van der Waals surface area contributed by atoms with E-state index in [1.54, 1.807) is 18.2 Å². The summed E-state index contributed by atoms with van der Waals surface area (Å²) in [7, 11) is 0. The molecule has 108 valence electrons. The maximum Gasteiger partial charge on any atom is 0.248 e. The second-order valence-corrected chi connectivity index (χ2v) is 5.28. The van der Waals surface area contributed by atoms with Gasteiger partial charge in [-0.3, -0.25) is 4.79 Å². The van der Waals surface area contributed by atoms with Crippen LogP contribution < -0.4 is 5.32 Å². The van der Waals surface area contributed by atoms with Crippen molar-refractivity contribution in [3.8, 4) is 0 Å². The van der Waals surface area contributed by atoms with Crippen molar-refractivity contribution in [2.75, 3.05) is 5.32 Å². The number of carbonyl (C=O) groups is 1. The fraction of sp³-hybridized carbons (Fsp3) is 0. The molecule has 0 aliphatic heterocycles. The fourth-order valence-electron chi connectivity index (χ4n) is 1.61. The first-order chi connectivity index (χ1) is 9.99. The summed E-state index contributed by atoms with van der Waals surface area (Å²) in [5.74, 6) is -1.01. The minimum absolute atomic E-state index is 0.138. The van der Waals surface area contributed by atoms with Crippen molar-refractivity contribution in [3.05, 3.63) is 68.9 Å². The Kier molecular flexibility index (Phi) is 5.23. The quantitative estimate of drug-likeness (QED) is 0.738. The summed E-state index contributed by atoms with van der Waals surface area (Å²) in [6, 6.07) is 9.14. The van der Waals surface area contributed by atoms with E-state index in [9.17, 15) is 9.18 Å². The van der Waals surface area contributed by atoms with Gasteiger partial charge in [0.05, 0.1) is 20.8 Å². The molecule has 0 bridgehead atoms. The molecule has 0 radical (unpaired) electrons. The van der Waals surface area contributed by atoms with Crippen molar-refractivity contribution in [2.24, 2.45) is 0 Å². The van der Waals surface area contributed by atoms with Gasteiger partial charge >= 0.3 is 0 Å². The lowest BCUT2D eigenvalue weighted by Crippen LogP contribution is -2.08. The average molecular weight is 345 g/mol. The van der Waals surface area contributed by atoms with Gasteiger partial charge in [-0.05, 0) is 30.3 Å². The molecule has 2 rings (SSSR count). The number of anilines is 1. The first kappa shape index (κ1) is 15.8. The normalized spacial score (nSPS) is 10.9. The molecule has 2 nitrogen and oxygen atoms in total. The van der Waals surface area contributed by atoms with Gasteiger partial charge in [0.2, 0.25) is 5.91 Å². The summed E-state index contributed by atoms with van der Waals surface area (Å²) >= 11 is 17.7. The average Bonchev–Trinajstić information content (AvgIpc) is 2.42. The number of para-hydroxylation sites is 1. The molecule has 0 heterocycles. The van der Waals surface area contributed by atoms with E-state index in [0.29, 0.717) is 15.7 Å². The van der Waals surface area contributed by atoms with Crippen LogP contribution in [0.4, 0.5) is 10.1 Å². The minimum Gasteiger partial charge on any atom is -0.320 e. The van der Waals surface area contributed by atoms with E-state index < -0.39 is 11.7 Å². The molecule has 1 amide bonds. The van der Waals surface area contributed by atoms with Crippen molar-refractivity contribution in [1.82, 2.24) is 0 Å². The van der Waals surface area contributed by atoms with Crippen LogP contribution in [0.2, 0.25) is 15.1 Å². The highest BCUT2D eigenvalue weighted by atomic mass is 35.5. The van der Waals surface area contributed by atoms with Crippen LogP contribution in [-0.4, -0.2) is 5.91 Å². The molecule has 0 saturated heterocycles. The summed E-state index contributed by atoms with van der Waals surface area (Å²) in [6.07, 6.45) is 2.45. The summed E-state index contributed by atoms with van der Waals surface area (Å²) in [5, 5.41) is 3.38. The summed E-state index contributed by atoms with van der Waals surface area (Å²) in [4.78, 5) is 11.8. The maximum absolute atomic E-state index is 13.5. The zero-order chi connectivity index (χ0) is 15.4. The minimum atomic E-state index is -0.512. The summed E-state index contributed by atoms with van der Waals surface area (Å²) in [6.45, 7) is 0. The molecule has 1 N–H and O–H groups in total. The third kappa shape index (κ3) is 3.97. The van der Waals surface area contributed by atoms with E-state index >= 15 is 0 Å². The van der Waals surface area contributed by atoms with Gasteiger partial charge < -0.3 is 5.32 Å². The molecule has 6 heteroatoms. The second-order valence-electron chi connectivity index (χ2n) is 4.05. The smallest absolute Gasteiger partial charge is 0.248 e. The molecule has 0 saturated carbocycles. The molecule has 0 spiro atoms. The topological polar surface area (TPSA) is 29.1 Å². The zero-order valence-corrected chi connectivity index (χ0v) is 12.8. The van der Waals surface area contributed by atoms with Crippen molar-refractivity contribution in [3.63, 3.8) is 0 Å². The Balaban J connectivity index is 2.17. The molecular formula is C15H9Cl3FNO. The standard InChI is InChI=1S/C15H9Cl3FNO/c16-10-3-2-6-13(19)9(10)7-8-14(21)20-15-11(17)4-1-5-12(15)18/h1-8H,(H,20,21)/b8-7+. The fourth-order valence-corrected chi connectivity index (χ4v) is 2.33. The van der Waals surface area contributed by atoms with Crippen molar-refractivity contribution >= 4 is 52.5 Å². The van der Waals surface area contributed by atoms with Crippen LogP contribution in [0.3, 0.4) is 0 Å². The molecule has 0 aliphatic carbocycles. The number of carbonyl (C=O) groups excluding carboxylic acids is 1. The number of hydrogen-bond acceptors (Lipinski definition) is 1. The van der Waals surface area contributed by atoms with Crippen LogP contribution in [0.5, 0.6) is 0 Å². The molecular weight excluding hydrogens is 336 g/mol. The first-order valence-electron chi connectivity index (χ1n) is 5.86. The maximum atomic E-state index is 13.5. The van der Waals surface area contributed by atoms with E-state index in [1.807, 2.05) is 0 Å². The Morgan fingerprint density at radius 2 is 1.57 bits per heavy atom. The Hall–Kier alpha value is -1.55. The van der Waals surface area contributed by atoms with Crippen molar-refractivity contribution in [1.29, 1.82) is 0 Å². The van der Waals surface area contributed by atoms with Crippen LogP contribution in [-0.2, 0) is 4.79 Å². The SMILES string of the molecule is O=C(/C=C/c1c(F)cccc1Cl)Nc1c(Cl)cccc1Cl. The first-order valence-corrected chi connectivity index (χ1v) is 6.99. The van der Waals surface area contributed by atoms with E-state index in [0.717, 1.165) is 6.08 Å². The lowest BCUT2D eigenvalue weighted by atomic mass is 10.2. The van der Waals surface area contributed by atoms with Crippen LogP contribution in [0, 0.1) is 5.82 Å². The van der Waals surface area contributed by atoms with Crippen LogP contribution >= 0.6 is 34.8 Å². The Labute approximate surface area is 136 Å². The third-order valence-corrected chi connectivity index (χ3v) is 3.57. The highest BCUT2D eigenvalue weighted by Gasteiger charge is 2.08. The molecule has 0 unspecified atom stereocenters. The molecule has 0 atom stereocenters. The van der Waals surface area contributed by atoms with Gasteiger partial charge in [-0.25, -0.2) is 4.39 Å². The monoisotopic (exact) mass is 343 g/mol. The van der Waals surface area contributed by atoms with E-state index in [2.05, 4.69) is 5.32 Å². The van der Waals surface area contributed by atoms with Crippen molar-refractivity contribution in [2.45, 2.75) is 0 Å². The second kappa shape index (κ2) is 6.94. The highest BCUT2D eigenvalue weighted by molar-refractivity contribution is 6.40. The molecule has 2 aromatic carbocycles. The predicted molar refractivity (Wildman–Crippen MR) is 85.5 cm³/mol. The number of halogens is 4. The van der Waals surface area contributed by atoms with Gasteiger partial charge in [0.25, 0.3) is 0 Å². The van der Waals surface area contributed by atoms with E-state index in [-0.39, 0.29) is 10.6 Å². The van der Waals surface area contributed by atoms with Gasteiger partial charge in [0, 0.05) is 11.6 Å². The summed E-state index contributed by atoms with van der Waals surface area (Å²) < 4.78 is 13.5. The number of amides is 1. The lowest BCUT2D eigenvalue weighted by Gasteiger charge is -2.07. The predicted octanol–water partition coefficient (Wildman–Crippen LogP) is 5.44. The van der Waals surface area contributed by atoms with Crippen LogP contribution in [0.1, 0.15) is 5.56 Å². The van der Waals surface area contributed by atoms with Crippen LogP contribution in [0.15, 0.2) is 42.5 Å². The largest absolute Gasteiger partial charge is 0.320 e. The number of nitrogens with one attached hydrogen (secondary N) is 1. The number of rotatable bonds is 3. The van der Waals surface area contributed by atoms with E-state index in [1.165, 1.54) is 24.3 Å². The zero-order valence-electron chi connectivity index (χ0n) is 10.5. The number of hydrogen-bond donors (Lipinski definition) is 1. The lowest BCUT2D eigenvalue weighted by molar-refractivity contribution is -0.111. The molecule has 2 aromatic rings. The van der Waals surface area contributed by atoms with Gasteiger partial charge in [-0.1, -0.05) is 46.9 Å². The van der Waals surface area contributed by atoms with Gasteiger partial charge in [0.15, 0.2) is 0 Å². The molecule has 0 aromatic heterocycles. The Morgan fingerprint density at radius 1 is 1.00 bits per heavy atom. The van der Waals surface area contributed by atoms with Gasteiger partial charge in [-0.15, -0.1) is 0 Å². The van der Waals surface area contributed by atoms with Gasteiger partial charge in [0.1, 0.15) is 5.82 Å². The van der Waals surface area contributed by atoms with Gasteiger partial charge in [-0.2, -0.15) is 0 Å². The highest BCUT2D eigenvalue weighted by Crippen LogP contribution is 2.29. The third-order valence-electron chi connectivity index (χ3n) is 2.61. The molecule has 21 heavy (non-hydrogen) atoms. The number of benzene rings is 2. The van der Waals surface area contributed by atoms with Crippen molar-refractivity contribution < 1.29 is 9.18 Å². The Bertz CT molecular complexity index is 676. The molecule has 0 aliphatic rings. The van der Waals surface area contributed by atoms with Crippen LogP contribution in [0.25, 0.3) is 6.08 Å². The van der Waals surface area contributed by atoms with E-state index in [4.69, 9.17) is 34.8 Å². The Morgan fingerprint density at radius 3 is 2.19 bits per heavy atom. The molecule has 0 fully saturated rings. The summed E-state index contributed by atoms with van der Waals surface area (Å²) in [5.41, 5.74) is 0.440.